The number of anilines is 1. The van der Waals surface area contributed by atoms with Crippen LogP contribution in [0.2, 0.25) is 0 Å². The number of hydrogen-bond donors (Lipinski definition) is 2. The number of thioether (sulfide) groups is 1. The van der Waals surface area contributed by atoms with Gasteiger partial charge >= 0.3 is 0 Å². The minimum Gasteiger partial charge on any atom is -0.494 e. The largest absolute Gasteiger partial charge is 0.494 e. The van der Waals surface area contributed by atoms with Gasteiger partial charge in [0.05, 0.1) is 25.0 Å². The van der Waals surface area contributed by atoms with Crippen molar-refractivity contribution in [2.24, 2.45) is 0 Å². The van der Waals surface area contributed by atoms with E-state index < -0.39 is 18.0 Å². The first-order valence-corrected chi connectivity index (χ1v) is 12.3. The van der Waals surface area contributed by atoms with Crippen LogP contribution in [0.15, 0.2) is 28.9 Å². The van der Waals surface area contributed by atoms with Crippen LogP contribution in [-0.4, -0.2) is 49.6 Å². The molecule has 3 heterocycles. The molecule has 0 spiro atoms. The molecular weight excluding hydrogens is 484 g/mol. The molecule has 8 nitrogen and oxygen atoms in total. The summed E-state index contributed by atoms with van der Waals surface area (Å²) in [6.45, 7) is 1.74. The number of halogens is 2. The van der Waals surface area contributed by atoms with Crippen molar-refractivity contribution in [1.82, 2.24) is 20.2 Å². The SMILES string of the molecule is COc1cnc(C(F)F)cc1-c1cc(C)ncc1C(=O)Nc1nnc(SC2CCC(O)CC2)s1. The van der Waals surface area contributed by atoms with Crippen molar-refractivity contribution in [3.63, 3.8) is 0 Å². The molecule has 0 radical (unpaired) electrons. The summed E-state index contributed by atoms with van der Waals surface area (Å²) < 4.78 is 32.6. The molecule has 4 rings (SSSR count). The monoisotopic (exact) mass is 507 g/mol. The maximum atomic E-state index is 13.3. The van der Waals surface area contributed by atoms with Crippen LogP contribution in [0.5, 0.6) is 5.75 Å². The second kappa shape index (κ2) is 10.7. The molecule has 3 aromatic rings. The first-order chi connectivity index (χ1) is 16.3. The summed E-state index contributed by atoms with van der Waals surface area (Å²) in [4.78, 5) is 21.1. The summed E-state index contributed by atoms with van der Waals surface area (Å²) in [5.74, 6) is -0.232. The number of carbonyl (C=O) groups excluding carboxylic acids is 1. The lowest BCUT2D eigenvalue weighted by molar-refractivity contribution is 0.102. The van der Waals surface area contributed by atoms with E-state index in [4.69, 9.17) is 4.74 Å². The van der Waals surface area contributed by atoms with Gasteiger partial charge in [-0.1, -0.05) is 23.1 Å². The summed E-state index contributed by atoms with van der Waals surface area (Å²) in [5, 5.41) is 21.3. The van der Waals surface area contributed by atoms with Crippen LogP contribution in [0.3, 0.4) is 0 Å². The first kappa shape index (κ1) is 24.4. The van der Waals surface area contributed by atoms with Crippen LogP contribution in [0.1, 0.15) is 53.9 Å². The molecule has 1 aliphatic rings. The number of hydrogen-bond acceptors (Lipinski definition) is 9. The van der Waals surface area contributed by atoms with E-state index >= 15 is 0 Å². The maximum absolute atomic E-state index is 13.3. The highest BCUT2D eigenvalue weighted by Crippen LogP contribution is 2.37. The van der Waals surface area contributed by atoms with E-state index in [1.807, 2.05) is 0 Å². The minimum atomic E-state index is -2.77. The van der Waals surface area contributed by atoms with Gasteiger partial charge < -0.3 is 9.84 Å². The summed E-state index contributed by atoms with van der Waals surface area (Å²) in [6.07, 6.45) is 2.96. The average molecular weight is 508 g/mol. The van der Waals surface area contributed by atoms with Gasteiger partial charge in [-0.2, -0.15) is 0 Å². The number of carbonyl (C=O) groups is 1. The van der Waals surface area contributed by atoms with E-state index in [0.717, 1.165) is 30.0 Å². The highest BCUT2D eigenvalue weighted by Gasteiger charge is 2.23. The van der Waals surface area contributed by atoms with Gasteiger partial charge in [0.15, 0.2) is 4.34 Å². The van der Waals surface area contributed by atoms with Gasteiger partial charge in [0, 0.05) is 28.3 Å². The van der Waals surface area contributed by atoms with E-state index in [9.17, 15) is 18.7 Å². The minimum absolute atomic E-state index is 0.181. The predicted octanol–water partition coefficient (Wildman–Crippen LogP) is 4.90. The van der Waals surface area contributed by atoms with Crippen LogP contribution in [0.25, 0.3) is 11.1 Å². The Kier molecular flexibility index (Phi) is 7.69. The molecule has 2 N–H and O–H groups in total. The highest BCUT2D eigenvalue weighted by atomic mass is 32.2. The zero-order valence-corrected chi connectivity index (χ0v) is 20.1. The van der Waals surface area contributed by atoms with Crippen molar-refractivity contribution < 1.29 is 23.4 Å². The van der Waals surface area contributed by atoms with E-state index in [1.54, 1.807) is 24.8 Å². The van der Waals surface area contributed by atoms with Crippen molar-refractivity contribution in [1.29, 1.82) is 0 Å². The Morgan fingerprint density at radius 2 is 1.94 bits per heavy atom. The normalized spacial score (nSPS) is 18.2. The fourth-order valence-electron chi connectivity index (χ4n) is 3.69. The molecule has 180 valence electrons. The van der Waals surface area contributed by atoms with Crippen molar-refractivity contribution in [2.75, 3.05) is 12.4 Å². The number of nitrogens with one attached hydrogen (secondary N) is 1. The lowest BCUT2D eigenvalue weighted by atomic mass is 9.97. The van der Waals surface area contributed by atoms with Crippen LogP contribution < -0.4 is 10.1 Å². The number of aliphatic hydroxyl groups excluding tert-OH is 1. The third-order valence-electron chi connectivity index (χ3n) is 5.45. The molecule has 1 amide bonds. The summed E-state index contributed by atoms with van der Waals surface area (Å²) >= 11 is 2.86. The fourth-order valence-corrected chi connectivity index (χ4v) is 5.88. The molecule has 0 aromatic carbocycles. The van der Waals surface area contributed by atoms with Gasteiger partial charge in [0.1, 0.15) is 11.4 Å². The van der Waals surface area contributed by atoms with E-state index in [1.165, 1.54) is 36.9 Å². The molecule has 34 heavy (non-hydrogen) atoms. The van der Waals surface area contributed by atoms with Gasteiger partial charge in [-0.25, -0.2) is 8.78 Å². The Hall–Kier alpha value is -2.70. The standard InChI is InChI=1S/C22H23F2N5O3S2/c1-11-7-14(15-8-17(19(23)24)26-10-18(15)32-2)16(9-25-11)20(31)27-21-28-29-22(34-21)33-13-5-3-12(30)4-6-13/h7-10,12-13,19,30H,3-6H2,1-2H3,(H,27,28,31). The number of rotatable bonds is 7. The number of aryl methyl sites for hydroxylation is 1. The number of ether oxygens (including phenoxy) is 1. The zero-order valence-electron chi connectivity index (χ0n) is 18.5. The van der Waals surface area contributed by atoms with Crippen LogP contribution in [-0.2, 0) is 0 Å². The first-order valence-electron chi connectivity index (χ1n) is 10.6. The topological polar surface area (TPSA) is 110 Å². The number of amides is 1. The van der Waals surface area contributed by atoms with E-state index in [-0.39, 0.29) is 17.4 Å². The maximum Gasteiger partial charge on any atom is 0.280 e. The highest BCUT2D eigenvalue weighted by molar-refractivity contribution is 8.01. The summed E-state index contributed by atoms with van der Waals surface area (Å²) in [7, 11) is 1.41. The van der Waals surface area contributed by atoms with Crippen molar-refractivity contribution in [3.8, 4) is 16.9 Å². The number of aliphatic hydroxyl groups is 1. The number of alkyl halides is 2. The van der Waals surface area contributed by atoms with Gasteiger partial charge in [-0.15, -0.1) is 10.2 Å². The molecule has 1 saturated carbocycles. The number of aromatic nitrogens is 4. The fraction of sp³-hybridized carbons (Fsp3) is 0.409. The van der Waals surface area contributed by atoms with E-state index in [0.29, 0.717) is 27.2 Å². The molecule has 0 aliphatic heterocycles. The molecule has 12 heteroatoms. The third kappa shape index (κ3) is 5.68. The Morgan fingerprint density at radius 1 is 1.18 bits per heavy atom. The van der Waals surface area contributed by atoms with Crippen molar-refractivity contribution >= 4 is 34.1 Å². The van der Waals surface area contributed by atoms with Gasteiger partial charge in [-0.05, 0) is 44.7 Å². The molecule has 1 aliphatic carbocycles. The van der Waals surface area contributed by atoms with Crippen LogP contribution in [0.4, 0.5) is 13.9 Å². The molecule has 0 atom stereocenters. The Bertz CT molecular complexity index is 1170. The smallest absolute Gasteiger partial charge is 0.280 e. The number of nitrogens with zero attached hydrogens (tertiary/aromatic N) is 4. The van der Waals surface area contributed by atoms with Gasteiger partial charge in [0.2, 0.25) is 5.13 Å². The molecular formula is C22H23F2N5O3S2. The zero-order chi connectivity index (χ0) is 24.2. The van der Waals surface area contributed by atoms with Crippen LogP contribution in [0, 0.1) is 6.92 Å². The van der Waals surface area contributed by atoms with Gasteiger partial charge in [-0.3, -0.25) is 20.1 Å². The summed E-state index contributed by atoms with van der Waals surface area (Å²) in [5.41, 5.74) is 1.08. The predicted molar refractivity (Wildman–Crippen MR) is 126 cm³/mol. The number of methoxy groups -OCH3 is 1. The molecule has 1 fully saturated rings. The quantitative estimate of drug-likeness (QED) is 0.435. The lowest BCUT2D eigenvalue weighted by Crippen LogP contribution is -2.19. The van der Waals surface area contributed by atoms with Gasteiger partial charge in [0.25, 0.3) is 12.3 Å². The molecule has 0 bridgehead atoms. The molecule has 3 aromatic heterocycles. The third-order valence-corrected chi connectivity index (χ3v) is 7.71. The summed E-state index contributed by atoms with van der Waals surface area (Å²) in [6, 6.07) is 2.86. The lowest BCUT2D eigenvalue weighted by Gasteiger charge is -2.23. The number of pyridine rings is 2. The average Bonchev–Trinajstić information content (AvgIpc) is 3.26. The second-order valence-electron chi connectivity index (χ2n) is 7.86. The second-order valence-corrected chi connectivity index (χ2v) is 10.4. The molecule has 0 unspecified atom stereocenters. The Balaban J connectivity index is 1.56. The Morgan fingerprint density at radius 3 is 2.65 bits per heavy atom. The van der Waals surface area contributed by atoms with Crippen molar-refractivity contribution in [3.05, 3.63) is 41.5 Å². The van der Waals surface area contributed by atoms with E-state index in [2.05, 4.69) is 25.5 Å². The molecule has 0 saturated heterocycles. The van der Waals surface area contributed by atoms with Crippen LogP contribution >= 0.6 is 23.1 Å². The Labute approximate surface area is 203 Å². The van der Waals surface area contributed by atoms with Crippen molar-refractivity contribution in [2.45, 2.75) is 54.7 Å².